The molecular formula is C20H15F4N5. The van der Waals surface area contributed by atoms with Gasteiger partial charge in [-0.15, -0.1) is 0 Å². The topological polar surface area (TPSA) is 66.5 Å². The molecule has 0 unspecified atom stereocenters. The molecule has 4 rings (SSSR count). The predicted molar refractivity (Wildman–Crippen MR) is 99.7 cm³/mol. The van der Waals surface area contributed by atoms with E-state index < -0.39 is 17.6 Å². The minimum Gasteiger partial charge on any atom is -0.350 e. The average molecular weight is 401 g/mol. The smallest absolute Gasteiger partial charge is 0.350 e. The van der Waals surface area contributed by atoms with Crippen molar-refractivity contribution in [2.75, 3.05) is 5.32 Å². The van der Waals surface area contributed by atoms with Crippen molar-refractivity contribution in [1.29, 1.82) is 0 Å². The Morgan fingerprint density at radius 1 is 1.00 bits per heavy atom. The van der Waals surface area contributed by atoms with Crippen LogP contribution in [0.25, 0.3) is 11.0 Å². The molecule has 4 aromatic rings. The van der Waals surface area contributed by atoms with Crippen LogP contribution in [-0.4, -0.2) is 19.9 Å². The lowest BCUT2D eigenvalue weighted by Crippen LogP contribution is -2.09. The number of rotatable bonds is 5. The van der Waals surface area contributed by atoms with Gasteiger partial charge in [-0.05, 0) is 47.0 Å². The van der Waals surface area contributed by atoms with E-state index >= 15 is 0 Å². The molecule has 0 fully saturated rings. The molecule has 0 bridgehead atoms. The van der Waals surface area contributed by atoms with Crippen LogP contribution in [0.5, 0.6) is 0 Å². The van der Waals surface area contributed by atoms with E-state index in [2.05, 4.69) is 25.3 Å². The fourth-order valence-corrected chi connectivity index (χ4v) is 3.01. The first-order valence-electron chi connectivity index (χ1n) is 8.71. The number of hydrogen-bond acceptors (Lipinski definition) is 4. The first-order valence-corrected chi connectivity index (χ1v) is 8.71. The number of hydrogen-bond donors (Lipinski definition) is 2. The number of halogens is 4. The SMILES string of the molecule is Fc1cc(CNc2ncc(Cc3c[nH]c4ncccc34)cn2)cc(C(F)(F)F)c1. The fourth-order valence-electron chi connectivity index (χ4n) is 3.01. The van der Waals surface area contributed by atoms with Gasteiger partial charge in [0.25, 0.3) is 0 Å². The standard InChI is InChI=1S/C20H15F4N5/c21-16-6-12(5-15(7-16)20(22,23)24)8-27-19-28-9-13(10-29-19)4-14-11-26-18-17(14)2-1-3-25-18/h1-3,5-7,9-11H,4,8H2,(H,25,26)(H,27,28,29). The van der Waals surface area contributed by atoms with Crippen LogP contribution in [0.4, 0.5) is 23.5 Å². The maximum absolute atomic E-state index is 13.5. The number of anilines is 1. The maximum Gasteiger partial charge on any atom is 0.416 e. The molecule has 0 aliphatic carbocycles. The number of H-pyrrole nitrogens is 1. The number of aromatic nitrogens is 4. The molecule has 0 saturated heterocycles. The molecule has 3 heterocycles. The molecule has 0 saturated carbocycles. The largest absolute Gasteiger partial charge is 0.416 e. The van der Waals surface area contributed by atoms with Gasteiger partial charge in [-0.2, -0.15) is 13.2 Å². The Balaban J connectivity index is 1.43. The highest BCUT2D eigenvalue weighted by molar-refractivity contribution is 5.79. The molecule has 0 aliphatic rings. The van der Waals surface area contributed by atoms with Crippen LogP contribution in [0.3, 0.4) is 0 Å². The van der Waals surface area contributed by atoms with Crippen molar-refractivity contribution in [1.82, 2.24) is 19.9 Å². The number of alkyl halides is 3. The molecule has 0 aliphatic heterocycles. The average Bonchev–Trinajstić information content (AvgIpc) is 3.09. The van der Waals surface area contributed by atoms with Crippen molar-refractivity contribution in [3.63, 3.8) is 0 Å². The Kier molecular flexibility index (Phi) is 4.87. The molecule has 2 N–H and O–H groups in total. The van der Waals surface area contributed by atoms with Crippen molar-refractivity contribution < 1.29 is 17.6 Å². The summed E-state index contributed by atoms with van der Waals surface area (Å²) < 4.78 is 51.8. The second kappa shape index (κ2) is 7.50. The van der Waals surface area contributed by atoms with Crippen molar-refractivity contribution >= 4 is 17.0 Å². The van der Waals surface area contributed by atoms with Crippen LogP contribution in [0.15, 0.2) is 55.1 Å². The summed E-state index contributed by atoms with van der Waals surface area (Å²) in [6.45, 7) is -0.0334. The van der Waals surface area contributed by atoms with E-state index in [0.29, 0.717) is 12.5 Å². The summed E-state index contributed by atoms with van der Waals surface area (Å²) in [5, 5.41) is 3.83. The van der Waals surface area contributed by atoms with Gasteiger partial charge in [0.15, 0.2) is 0 Å². The second-order valence-corrected chi connectivity index (χ2v) is 6.50. The zero-order valence-electron chi connectivity index (χ0n) is 15.0. The summed E-state index contributed by atoms with van der Waals surface area (Å²) in [4.78, 5) is 15.7. The van der Waals surface area contributed by atoms with Crippen LogP contribution in [-0.2, 0) is 19.1 Å². The van der Waals surface area contributed by atoms with Gasteiger partial charge in [-0.25, -0.2) is 19.3 Å². The quantitative estimate of drug-likeness (QED) is 0.475. The van der Waals surface area contributed by atoms with Crippen molar-refractivity contribution in [2.24, 2.45) is 0 Å². The van der Waals surface area contributed by atoms with Gasteiger partial charge in [-0.1, -0.05) is 0 Å². The van der Waals surface area contributed by atoms with Gasteiger partial charge in [0.2, 0.25) is 5.95 Å². The van der Waals surface area contributed by atoms with Crippen molar-refractivity contribution in [3.8, 4) is 0 Å². The van der Waals surface area contributed by atoms with E-state index in [-0.39, 0.29) is 18.1 Å². The van der Waals surface area contributed by atoms with E-state index in [4.69, 9.17) is 0 Å². The van der Waals surface area contributed by atoms with Crippen molar-refractivity contribution in [3.05, 3.63) is 83.2 Å². The highest BCUT2D eigenvalue weighted by Gasteiger charge is 2.31. The molecule has 5 nitrogen and oxygen atoms in total. The minimum absolute atomic E-state index is 0.0334. The number of pyridine rings is 1. The van der Waals surface area contributed by atoms with Gasteiger partial charge in [0.1, 0.15) is 11.5 Å². The van der Waals surface area contributed by atoms with E-state index in [1.54, 1.807) is 18.6 Å². The van der Waals surface area contributed by atoms with Gasteiger partial charge < -0.3 is 10.3 Å². The Bertz CT molecular complexity index is 1140. The number of fused-ring (bicyclic) bond motifs is 1. The van der Waals surface area contributed by atoms with Crippen LogP contribution < -0.4 is 5.32 Å². The lowest BCUT2D eigenvalue weighted by molar-refractivity contribution is -0.137. The Labute approximate surface area is 162 Å². The first-order chi connectivity index (χ1) is 13.9. The number of nitrogens with zero attached hydrogens (tertiary/aromatic N) is 3. The summed E-state index contributed by atoms with van der Waals surface area (Å²) in [5.41, 5.74) is 1.84. The lowest BCUT2D eigenvalue weighted by atomic mass is 10.1. The molecule has 0 atom stereocenters. The minimum atomic E-state index is -4.60. The molecule has 29 heavy (non-hydrogen) atoms. The molecule has 0 amide bonds. The Hall–Kier alpha value is -3.49. The maximum atomic E-state index is 13.5. The summed E-state index contributed by atoms with van der Waals surface area (Å²) in [6.07, 6.45) is 2.86. The highest BCUT2D eigenvalue weighted by atomic mass is 19.4. The Morgan fingerprint density at radius 3 is 2.55 bits per heavy atom. The van der Waals surface area contributed by atoms with Crippen molar-refractivity contribution in [2.45, 2.75) is 19.1 Å². The van der Waals surface area contributed by atoms with E-state index in [1.807, 2.05) is 18.3 Å². The molecule has 0 spiro atoms. The normalized spacial score (nSPS) is 11.7. The van der Waals surface area contributed by atoms with E-state index in [0.717, 1.165) is 34.3 Å². The molecule has 1 aromatic carbocycles. The van der Waals surface area contributed by atoms with Crippen LogP contribution in [0, 0.1) is 5.82 Å². The molecular weight excluding hydrogens is 386 g/mol. The summed E-state index contributed by atoms with van der Waals surface area (Å²) in [7, 11) is 0. The first kappa shape index (κ1) is 18.9. The second-order valence-electron chi connectivity index (χ2n) is 6.50. The highest BCUT2D eigenvalue weighted by Crippen LogP contribution is 2.30. The summed E-state index contributed by atoms with van der Waals surface area (Å²) >= 11 is 0. The van der Waals surface area contributed by atoms with Crippen LogP contribution >= 0.6 is 0 Å². The molecule has 148 valence electrons. The number of benzene rings is 1. The van der Waals surface area contributed by atoms with Gasteiger partial charge in [-0.3, -0.25) is 0 Å². The van der Waals surface area contributed by atoms with Gasteiger partial charge >= 0.3 is 6.18 Å². The van der Waals surface area contributed by atoms with E-state index in [1.165, 1.54) is 0 Å². The fraction of sp³-hybridized carbons (Fsp3) is 0.150. The van der Waals surface area contributed by atoms with Crippen LogP contribution in [0.2, 0.25) is 0 Å². The lowest BCUT2D eigenvalue weighted by Gasteiger charge is -2.10. The molecule has 0 radical (unpaired) electrons. The zero-order chi connectivity index (χ0) is 20.4. The number of nitrogens with one attached hydrogen (secondary N) is 2. The summed E-state index contributed by atoms with van der Waals surface area (Å²) in [5.74, 6) is -0.701. The number of aromatic amines is 1. The zero-order valence-corrected chi connectivity index (χ0v) is 15.0. The van der Waals surface area contributed by atoms with Gasteiger partial charge in [0, 0.05) is 43.1 Å². The monoisotopic (exact) mass is 401 g/mol. The van der Waals surface area contributed by atoms with Gasteiger partial charge in [0.05, 0.1) is 5.56 Å². The third-order valence-electron chi connectivity index (χ3n) is 4.37. The van der Waals surface area contributed by atoms with Crippen LogP contribution in [0.1, 0.15) is 22.3 Å². The third-order valence-corrected chi connectivity index (χ3v) is 4.37. The van der Waals surface area contributed by atoms with E-state index in [9.17, 15) is 17.6 Å². The molecule has 9 heteroatoms. The predicted octanol–water partition coefficient (Wildman–Crippen LogP) is 4.71. The molecule has 3 aromatic heterocycles. The Morgan fingerprint density at radius 2 is 1.79 bits per heavy atom. The third kappa shape index (κ3) is 4.34. The summed E-state index contributed by atoms with van der Waals surface area (Å²) in [6, 6.07) is 6.24.